The van der Waals surface area contributed by atoms with Crippen LogP contribution in [0.25, 0.3) is 38.3 Å². The van der Waals surface area contributed by atoms with Crippen molar-refractivity contribution < 1.29 is 14.7 Å². The van der Waals surface area contributed by atoms with Gasteiger partial charge in [0.2, 0.25) is 0 Å². The number of Topliss-reactive ketones (excluding diaryl/α,β-unsaturated/α-hetero) is 1. The van der Waals surface area contributed by atoms with Gasteiger partial charge in [0.1, 0.15) is 6.07 Å². The second-order valence-electron chi connectivity index (χ2n) is 7.18. The average molecular weight is 429 g/mol. The van der Waals surface area contributed by atoms with Crippen LogP contribution in [0.4, 0.5) is 0 Å². The lowest BCUT2D eigenvalue weighted by Crippen LogP contribution is -2.04. The summed E-state index contributed by atoms with van der Waals surface area (Å²) in [5.41, 5.74) is 3.47. The highest BCUT2D eigenvalue weighted by molar-refractivity contribution is 7.16. The number of carbonyl (C=O) groups excluding carboxylic acids is 1. The van der Waals surface area contributed by atoms with E-state index in [2.05, 4.69) is 47.9 Å². The molecule has 31 heavy (non-hydrogen) atoms. The first-order valence-electron chi connectivity index (χ1n) is 9.99. The Balaban J connectivity index is 1.69. The fourth-order valence-corrected chi connectivity index (χ4v) is 4.75. The number of carbonyl (C=O) groups is 2. The number of hydrogen-bond acceptors (Lipinski definition) is 4. The highest BCUT2D eigenvalue weighted by Gasteiger charge is 2.13. The van der Waals surface area contributed by atoms with Gasteiger partial charge in [0.25, 0.3) is 0 Å². The molecule has 6 heteroatoms. The minimum atomic E-state index is -1.05. The van der Waals surface area contributed by atoms with E-state index < -0.39 is 11.8 Å². The predicted octanol–water partition coefficient (Wildman–Crippen LogP) is 5.88. The van der Waals surface area contributed by atoms with Crippen molar-refractivity contribution in [3.63, 3.8) is 0 Å². The van der Waals surface area contributed by atoms with Gasteiger partial charge in [-0.3, -0.25) is 9.59 Å². The maximum atomic E-state index is 12.1. The Morgan fingerprint density at radius 1 is 1.06 bits per heavy atom. The largest absolute Gasteiger partial charge is 0.481 e. The molecule has 5 nitrogen and oxygen atoms in total. The lowest BCUT2D eigenvalue weighted by Gasteiger charge is -2.03. The van der Waals surface area contributed by atoms with Crippen molar-refractivity contribution in [1.82, 2.24) is 4.57 Å². The fourth-order valence-electron chi connectivity index (χ4n) is 3.81. The second kappa shape index (κ2) is 8.58. The van der Waals surface area contributed by atoms with Crippen LogP contribution < -0.4 is 0 Å². The van der Waals surface area contributed by atoms with Gasteiger partial charge in [-0.2, -0.15) is 5.26 Å². The van der Waals surface area contributed by atoms with Crippen LogP contribution >= 0.6 is 11.3 Å². The van der Waals surface area contributed by atoms with E-state index in [4.69, 9.17) is 5.11 Å². The highest BCUT2D eigenvalue weighted by atomic mass is 32.1. The van der Waals surface area contributed by atoms with Crippen molar-refractivity contribution in [1.29, 1.82) is 5.26 Å². The molecule has 2 aromatic heterocycles. The van der Waals surface area contributed by atoms with Crippen molar-refractivity contribution in [3.05, 3.63) is 65.0 Å². The van der Waals surface area contributed by atoms with Gasteiger partial charge in [-0.05, 0) is 48.9 Å². The van der Waals surface area contributed by atoms with Gasteiger partial charge < -0.3 is 9.67 Å². The molecular formula is C25H20N2O3S. The van der Waals surface area contributed by atoms with E-state index in [9.17, 15) is 14.9 Å². The summed E-state index contributed by atoms with van der Waals surface area (Å²) in [4.78, 5) is 24.6. The maximum absolute atomic E-state index is 12.1. The number of aliphatic carboxylic acids is 1. The molecule has 0 aliphatic carbocycles. The molecule has 0 amide bonds. The zero-order valence-electron chi connectivity index (χ0n) is 17.0. The van der Waals surface area contributed by atoms with Crippen LogP contribution in [0.1, 0.15) is 24.6 Å². The van der Waals surface area contributed by atoms with Gasteiger partial charge in [0.15, 0.2) is 5.78 Å². The number of benzene rings is 2. The minimum Gasteiger partial charge on any atom is -0.481 e. The molecule has 2 heterocycles. The molecule has 0 atom stereocenters. The van der Waals surface area contributed by atoms with Crippen molar-refractivity contribution in [2.45, 2.75) is 26.3 Å². The number of nitrogens with zero attached hydrogens (tertiary/aromatic N) is 2. The van der Waals surface area contributed by atoms with Crippen LogP contribution in [0.3, 0.4) is 0 Å². The summed E-state index contributed by atoms with van der Waals surface area (Å²) in [5.74, 6) is -1.50. The molecule has 0 bridgehead atoms. The average Bonchev–Trinajstić information content (AvgIpc) is 3.37. The number of hydrogen-bond donors (Lipinski definition) is 1. The van der Waals surface area contributed by atoms with Gasteiger partial charge in [-0.15, -0.1) is 11.3 Å². The lowest BCUT2D eigenvalue weighted by molar-refractivity contribution is -0.138. The van der Waals surface area contributed by atoms with Crippen LogP contribution in [-0.4, -0.2) is 21.4 Å². The van der Waals surface area contributed by atoms with Crippen molar-refractivity contribution in [2.24, 2.45) is 0 Å². The molecule has 154 valence electrons. The topological polar surface area (TPSA) is 83.1 Å². The Kier molecular flexibility index (Phi) is 5.70. The monoisotopic (exact) mass is 428 g/mol. The first-order valence-corrected chi connectivity index (χ1v) is 10.8. The number of fused-ring (bicyclic) bond motifs is 3. The number of aromatic nitrogens is 1. The van der Waals surface area contributed by atoms with Gasteiger partial charge in [-0.1, -0.05) is 24.3 Å². The Morgan fingerprint density at radius 3 is 2.58 bits per heavy atom. The molecule has 0 saturated heterocycles. The number of rotatable bonds is 7. The fraction of sp³-hybridized carbons (Fsp3) is 0.160. The van der Waals surface area contributed by atoms with Gasteiger partial charge in [-0.25, -0.2) is 0 Å². The standard InChI is InChI=1S/C25H20N2O3S/c1-2-27-21-6-4-3-5-19(21)20-14-16(7-9-22(20)27)24-11-8-18(31-24)13-17(15-26)23(28)10-12-25(29)30/h3-9,11,13-14H,2,10,12H2,1H3,(H,29,30)/b17-13+. The molecule has 4 aromatic rings. The first kappa shape index (κ1) is 20.6. The van der Waals surface area contributed by atoms with Crippen molar-refractivity contribution >= 4 is 51.0 Å². The van der Waals surface area contributed by atoms with E-state index in [1.807, 2.05) is 24.3 Å². The molecule has 0 spiro atoms. The second-order valence-corrected chi connectivity index (χ2v) is 8.30. The maximum Gasteiger partial charge on any atom is 0.303 e. The SMILES string of the molecule is CCn1c2ccccc2c2cc(-c3ccc(/C=C(\C#N)C(=O)CCC(=O)O)s3)ccc21. The summed E-state index contributed by atoms with van der Waals surface area (Å²) >= 11 is 1.50. The number of para-hydroxylation sites is 1. The van der Waals surface area contributed by atoms with Crippen LogP contribution in [0.15, 0.2) is 60.2 Å². The number of aryl methyl sites for hydroxylation is 1. The molecular weight excluding hydrogens is 408 g/mol. The number of carboxylic acid groups (broad SMARTS) is 1. The van der Waals surface area contributed by atoms with Gasteiger partial charge in [0.05, 0.1) is 12.0 Å². The molecule has 0 fully saturated rings. The number of ketones is 1. The van der Waals surface area contributed by atoms with E-state index in [1.165, 1.54) is 33.1 Å². The molecule has 2 aromatic carbocycles. The van der Waals surface area contributed by atoms with Crippen molar-refractivity contribution in [2.75, 3.05) is 0 Å². The summed E-state index contributed by atoms with van der Waals surface area (Å²) in [5, 5.41) is 20.5. The van der Waals surface area contributed by atoms with Crippen LogP contribution in [0, 0.1) is 11.3 Å². The molecule has 0 aliphatic rings. The molecule has 0 radical (unpaired) electrons. The minimum absolute atomic E-state index is 0.0175. The summed E-state index contributed by atoms with van der Waals surface area (Å²) in [6.45, 7) is 3.03. The Labute approximate surface area is 183 Å². The number of thiophene rings is 1. The van der Waals surface area contributed by atoms with Crippen LogP contribution in [0.2, 0.25) is 0 Å². The summed E-state index contributed by atoms with van der Waals surface area (Å²) in [6, 6.07) is 20.5. The highest BCUT2D eigenvalue weighted by Crippen LogP contribution is 2.35. The Bertz CT molecular complexity index is 1390. The normalized spacial score (nSPS) is 11.7. The van der Waals surface area contributed by atoms with Crippen molar-refractivity contribution in [3.8, 4) is 16.5 Å². The molecule has 0 aliphatic heterocycles. The van der Waals surface area contributed by atoms with E-state index in [0.717, 1.165) is 21.9 Å². The van der Waals surface area contributed by atoms with E-state index in [1.54, 1.807) is 6.08 Å². The third kappa shape index (κ3) is 4.00. The van der Waals surface area contributed by atoms with E-state index in [-0.39, 0.29) is 18.4 Å². The van der Waals surface area contributed by atoms with E-state index >= 15 is 0 Å². The summed E-state index contributed by atoms with van der Waals surface area (Å²) in [6.07, 6.45) is 1.09. The quantitative estimate of drug-likeness (QED) is 0.294. The summed E-state index contributed by atoms with van der Waals surface area (Å²) in [7, 11) is 0. The van der Waals surface area contributed by atoms with Gasteiger partial charge in [0, 0.05) is 44.5 Å². The zero-order chi connectivity index (χ0) is 22.0. The third-order valence-electron chi connectivity index (χ3n) is 5.27. The Morgan fingerprint density at radius 2 is 1.84 bits per heavy atom. The van der Waals surface area contributed by atoms with E-state index in [0.29, 0.717) is 0 Å². The zero-order valence-corrected chi connectivity index (χ0v) is 17.8. The van der Waals surface area contributed by atoms with Crippen LogP contribution in [0.5, 0.6) is 0 Å². The van der Waals surface area contributed by atoms with Gasteiger partial charge >= 0.3 is 5.97 Å². The molecule has 0 unspecified atom stereocenters. The predicted molar refractivity (Wildman–Crippen MR) is 124 cm³/mol. The van der Waals surface area contributed by atoms with Crippen LogP contribution in [-0.2, 0) is 16.1 Å². The summed E-state index contributed by atoms with van der Waals surface area (Å²) < 4.78 is 2.30. The smallest absolute Gasteiger partial charge is 0.303 e. The Hall–Kier alpha value is -3.69. The lowest BCUT2D eigenvalue weighted by atomic mass is 10.1. The molecule has 4 rings (SSSR count). The molecule has 0 saturated carbocycles. The number of nitriles is 1. The third-order valence-corrected chi connectivity index (χ3v) is 6.35. The number of carboxylic acids is 1. The number of allylic oxidation sites excluding steroid dienone is 1. The molecule has 1 N–H and O–H groups in total. The first-order chi connectivity index (χ1) is 15.0.